The van der Waals surface area contributed by atoms with Crippen LogP contribution in [-0.4, -0.2) is 72.8 Å². The van der Waals surface area contributed by atoms with Gasteiger partial charge < -0.3 is 24.8 Å². The molecule has 0 aromatic heterocycles. The van der Waals surface area contributed by atoms with Gasteiger partial charge in [-0.05, 0) is 42.0 Å². The van der Waals surface area contributed by atoms with E-state index in [4.69, 9.17) is 9.47 Å². The fourth-order valence-electron chi connectivity index (χ4n) is 5.37. The lowest BCUT2D eigenvalue weighted by Crippen LogP contribution is -2.62. The van der Waals surface area contributed by atoms with Crippen molar-refractivity contribution in [3.05, 3.63) is 23.3 Å². The summed E-state index contributed by atoms with van der Waals surface area (Å²) in [7, 11) is 3.26. The zero-order valence-electron chi connectivity index (χ0n) is 17.9. The summed E-state index contributed by atoms with van der Waals surface area (Å²) in [6, 6.07) is 3.71. The third-order valence-corrected chi connectivity index (χ3v) is 7.00. The molecule has 2 saturated heterocycles. The molecule has 0 aliphatic carbocycles. The number of methoxy groups -OCH3 is 2. The smallest absolute Gasteiger partial charge is 0.404 e. The van der Waals surface area contributed by atoms with Crippen molar-refractivity contribution in [1.82, 2.24) is 15.1 Å². The van der Waals surface area contributed by atoms with Crippen molar-refractivity contribution in [2.75, 3.05) is 33.9 Å². The van der Waals surface area contributed by atoms with Gasteiger partial charge in [-0.3, -0.25) is 9.69 Å². The van der Waals surface area contributed by atoms with E-state index in [9.17, 15) is 14.7 Å². The zero-order valence-corrected chi connectivity index (χ0v) is 17.9. The Morgan fingerprint density at radius 3 is 2.60 bits per heavy atom. The lowest BCUT2D eigenvalue weighted by atomic mass is 9.82. The van der Waals surface area contributed by atoms with Gasteiger partial charge in [0.05, 0.1) is 26.3 Å². The molecule has 8 nitrogen and oxygen atoms in total. The van der Waals surface area contributed by atoms with Crippen molar-refractivity contribution in [3.63, 3.8) is 0 Å². The predicted octanol–water partition coefficient (Wildman–Crippen LogP) is 2.27. The highest BCUT2D eigenvalue weighted by atomic mass is 16.5. The third kappa shape index (κ3) is 3.69. The second kappa shape index (κ2) is 8.34. The van der Waals surface area contributed by atoms with Crippen molar-refractivity contribution < 1.29 is 24.2 Å². The van der Waals surface area contributed by atoms with E-state index in [1.54, 1.807) is 14.2 Å². The van der Waals surface area contributed by atoms with E-state index < -0.39 is 6.09 Å². The number of amides is 2. The summed E-state index contributed by atoms with van der Waals surface area (Å²) in [4.78, 5) is 28.6. The first-order valence-electron chi connectivity index (χ1n) is 10.7. The van der Waals surface area contributed by atoms with Crippen LogP contribution in [0.5, 0.6) is 11.5 Å². The largest absolute Gasteiger partial charge is 0.493 e. The predicted molar refractivity (Wildman–Crippen MR) is 111 cm³/mol. The summed E-state index contributed by atoms with van der Waals surface area (Å²) in [5.41, 5.74) is 2.37. The Bertz CT molecular complexity index is 829. The normalized spacial score (nSPS) is 28.6. The minimum Gasteiger partial charge on any atom is -0.493 e. The SMILES string of the molecule is CCC1CC(=O)N(C2CN3CCc4cc(OC)c(OC)cc4C3CC2NC(=O)O)C1. The van der Waals surface area contributed by atoms with Gasteiger partial charge in [0.25, 0.3) is 0 Å². The molecule has 1 aromatic carbocycles. The summed E-state index contributed by atoms with van der Waals surface area (Å²) in [5.74, 6) is 1.90. The number of nitrogens with one attached hydrogen (secondary N) is 1. The number of hydrogen-bond acceptors (Lipinski definition) is 5. The average molecular weight is 418 g/mol. The second-order valence-electron chi connectivity index (χ2n) is 8.55. The molecule has 1 aromatic rings. The summed E-state index contributed by atoms with van der Waals surface area (Å²) in [5, 5.41) is 12.2. The molecule has 2 fully saturated rings. The molecule has 8 heteroatoms. The molecule has 2 amide bonds. The van der Waals surface area contributed by atoms with Crippen molar-refractivity contribution in [2.45, 2.75) is 50.7 Å². The van der Waals surface area contributed by atoms with Gasteiger partial charge in [-0.1, -0.05) is 13.3 Å². The Labute approximate surface area is 177 Å². The molecule has 0 bridgehead atoms. The third-order valence-electron chi connectivity index (χ3n) is 7.00. The molecule has 3 heterocycles. The highest BCUT2D eigenvalue weighted by Crippen LogP contribution is 2.43. The Morgan fingerprint density at radius 1 is 1.23 bits per heavy atom. The maximum absolute atomic E-state index is 12.7. The van der Waals surface area contributed by atoms with Crippen molar-refractivity contribution in [1.29, 1.82) is 0 Å². The van der Waals surface area contributed by atoms with E-state index in [1.807, 2.05) is 17.0 Å². The van der Waals surface area contributed by atoms with Crippen LogP contribution in [0.1, 0.15) is 43.4 Å². The molecule has 164 valence electrons. The van der Waals surface area contributed by atoms with Gasteiger partial charge in [-0.25, -0.2) is 4.79 Å². The Morgan fingerprint density at radius 2 is 1.97 bits per heavy atom. The van der Waals surface area contributed by atoms with Crippen LogP contribution in [0.4, 0.5) is 4.79 Å². The molecule has 3 aliphatic heterocycles. The first kappa shape index (κ1) is 20.8. The molecule has 30 heavy (non-hydrogen) atoms. The van der Waals surface area contributed by atoms with Crippen molar-refractivity contribution in [2.24, 2.45) is 5.92 Å². The van der Waals surface area contributed by atoms with Crippen LogP contribution in [0.3, 0.4) is 0 Å². The number of rotatable bonds is 5. The standard InChI is InChI=1S/C22H31N3O5/c1-4-13-7-21(26)25(11-13)18-12-24-6-5-14-8-19(29-2)20(30-3)9-15(14)17(24)10-16(18)23-22(27)28/h8-9,13,16-18,23H,4-7,10-12H2,1-3H3,(H,27,28). The Balaban J connectivity index is 1.64. The molecule has 0 saturated carbocycles. The molecule has 4 atom stereocenters. The first-order chi connectivity index (χ1) is 14.4. The number of carbonyl (C=O) groups excluding carboxylic acids is 1. The molecule has 0 spiro atoms. The molecule has 0 radical (unpaired) electrons. The first-order valence-corrected chi connectivity index (χ1v) is 10.7. The Kier molecular flexibility index (Phi) is 5.77. The zero-order chi connectivity index (χ0) is 21.4. The van der Waals surface area contributed by atoms with Crippen molar-refractivity contribution in [3.8, 4) is 11.5 Å². The number of benzene rings is 1. The van der Waals surface area contributed by atoms with Crippen LogP contribution in [0.25, 0.3) is 0 Å². The van der Waals surface area contributed by atoms with Crippen molar-refractivity contribution >= 4 is 12.0 Å². The number of carbonyl (C=O) groups is 2. The van der Waals surface area contributed by atoms with Crippen LogP contribution < -0.4 is 14.8 Å². The fraction of sp³-hybridized carbons (Fsp3) is 0.636. The average Bonchev–Trinajstić information content (AvgIpc) is 3.12. The van der Waals surface area contributed by atoms with Crippen LogP contribution in [0.2, 0.25) is 0 Å². The second-order valence-corrected chi connectivity index (χ2v) is 8.55. The van der Waals surface area contributed by atoms with Gasteiger partial charge in [0.2, 0.25) is 5.91 Å². The van der Waals surface area contributed by atoms with E-state index in [0.717, 1.165) is 31.5 Å². The fourth-order valence-corrected chi connectivity index (χ4v) is 5.37. The maximum atomic E-state index is 12.7. The summed E-state index contributed by atoms with van der Waals surface area (Å²) < 4.78 is 11.0. The topological polar surface area (TPSA) is 91.3 Å². The van der Waals surface area contributed by atoms with E-state index >= 15 is 0 Å². The number of carboxylic acid groups (broad SMARTS) is 1. The van der Waals surface area contributed by atoms with Gasteiger partial charge in [-0.15, -0.1) is 0 Å². The number of nitrogens with zero attached hydrogens (tertiary/aromatic N) is 2. The van der Waals surface area contributed by atoms with E-state index in [2.05, 4.69) is 17.1 Å². The minimum absolute atomic E-state index is 0.0846. The summed E-state index contributed by atoms with van der Waals surface area (Å²) in [6.45, 7) is 4.38. The van der Waals surface area contributed by atoms with E-state index in [0.29, 0.717) is 36.8 Å². The molecule has 4 unspecified atom stereocenters. The van der Waals surface area contributed by atoms with E-state index in [-0.39, 0.29) is 24.0 Å². The number of likely N-dealkylation sites (tertiary alicyclic amines) is 1. The van der Waals surface area contributed by atoms with E-state index in [1.165, 1.54) is 5.56 Å². The monoisotopic (exact) mass is 417 g/mol. The Hall–Kier alpha value is -2.48. The highest BCUT2D eigenvalue weighted by Gasteiger charge is 2.45. The molecular formula is C22H31N3O5. The van der Waals surface area contributed by atoms with Crippen LogP contribution in [0, 0.1) is 5.92 Å². The minimum atomic E-state index is -1.04. The lowest BCUT2D eigenvalue weighted by Gasteiger charge is -2.49. The van der Waals surface area contributed by atoms with Crippen LogP contribution in [0.15, 0.2) is 12.1 Å². The number of ether oxygens (including phenoxy) is 2. The van der Waals surface area contributed by atoms with Crippen LogP contribution in [-0.2, 0) is 11.2 Å². The summed E-state index contributed by atoms with van der Waals surface area (Å²) in [6.07, 6.45) is 2.01. The lowest BCUT2D eigenvalue weighted by molar-refractivity contribution is -0.132. The number of piperidine rings is 1. The maximum Gasteiger partial charge on any atom is 0.404 e. The molecular weight excluding hydrogens is 386 g/mol. The van der Waals surface area contributed by atoms with Crippen LogP contribution >= 0.6 is 0 Å². The van der Waals surface area contributed by atoms with Gasteiger partial charge in [0.1, 0.15) is 0 Å². The quantitative estimate of drug-likeness (QED) is 0.764. The number of hydrogen-bond donors (Lipinski definition) is 2. The van der Waals surface area contributed by atoms with Gasteiger partial charge in [0, 0.05) is 32.1 Å². The molecule has 2 N–H and O–H groups in total. The summed E-state index contributed by atoms with van der Waals surface area (Å²) >= 11 is 0. The molecule has 3 aliphatic rings. The molecule has 4 rings (SSSR count). The van der Waals surface area contributed by atoms with Gasteiger partial charge >= 0.3 is 6.09 Å². The highest BCUT2D eigenvalue weighted by molar-refractivity contribution is 5.79. The van der Waals surface area contributed by atoms with Gasteiger partial charge in [-0.2, -0.15) is 0 Å². The number of fused-ring (bicyclic) bond motifs is 3. The van der Waals surface area contributed by atoms with Gasteiger partial charge in [0.15, 0.2) is 11.5 Å².